The third kappa shape index (κ3) is 5.47. The number of methoxy groups -OCH3 is 1. The van der Waals surface area contributed by atoms with E-state index in [4.69, 9.17) is 9.47 Å². The van der Waals surface area contributed by atoms with Gasteiger partial charge in [-0.1, -0.05) is 6.07 Å². The van der Waals surface area contributed by atoms with Gasteiger partial charge in [0.15, 0.2) is 0 Å². The van der Waals surface area contributed by atoms with Gasteiger partial charge in [0, 0.05) is 25.4 Å². The molecule has 9 nitrogen and oxygen atoms in total. The van der Waals surface area contributed by atoms with Crippen LogP contribution >= 0.6 is 0 Å². The van der Waals surface area contributed by atoms with E-state index in [1.54, 1.807) is 36.4 Å². The van der Waals surface area contributed by atoms with Gasteiger partial charge >= 0.3 is 0 Å². The summed E-state index contributed by atoms with van der Waals surface area (Å²) in [4.78, 5) is 43.1. The second-order valence-corrected chi connectivity index (χ2v) is 6.61. The molecule has 3 rings (SSSR count). The largest absolute Gasteiger partial charge is 0.497 e. The highest BCUT2D eigenvalue weighted by Gasteiger charge is 2.20. The van der Waals surface area contributed by atoms with E-state index >= 15 is 0 Å². The van der Waals surface area contributed by atoms with Crippen molar-refractivity contribution < 1.29 is 23.9 Å². The first-order valence-electron chi connectivity index (χ1n) is 9.64. The zero-order chi connectivity index (χ0) is 21.3. The van der Waals surface area contributed by atoms with Gasteiger partial charge in [-0.05, 0) is 30.7 Å². The fourth-order valence-corrected chi connectivity index (χ4v) is 2.99. The molecular formula is C21H24N4O5. The van der Waals surface area contributed by atoms with Crippen LogP contribution in [-0.4, -0.2) is 67.5 Å². The number of hydrogen-bond donors (Lipinski definition) is 2. The predicted molar refractivity (Wildman–Crippen MR) is 109 cm³/mol. The lowest BCUT2D eigenvalue weighted by molar-refractivity contribution is -0.121. The molecule has 1 aliphatic rings. The van der Waals surface area contributed by atoms with E-state index in [9.17, 15) is 14.4 Å². The Morgan fingerprint density at radius 1 is 1.17 bits per heavy atom. The van der Waals surface area contributed by atoms with Crippen LogP contribution in [0.4, 0.5) is 0 Å². The lowest BCUT2D eigenvalue weighted by Gasteiger charge is -2.22. The van der Waals surface area contributed by atoms with Crippen LogP contribution in [0.5, 0.6) is 11.5 Å². The minimum Gasteiger partial charge on any atom is -0.497 e. The molecule has 9 heteroatoms. The first kappa shape index (κ1) is 21.1. The Bertz CT molecular complexity index is 904. The molecule has 0 fully saturated rings. The molecule has 0 atom stereocenters. The maximum Gasteiger partial charge on any atom is 0.272 e. The van der Waals surface area contributed by atoms with Crippen molar-refractivity contribution in [2.24, 2.45) is 0 Å². The van der Waals surface area contributed by atoms with Gasteiger partial charge in [-0.15, -0.1) is 0 Å². The van der Waals surface area contributed by atoms with Crippen molar-refractivity contribution in [3.8, 4) is 11.5 Å². The van der Waals surface area contributed by atoms with Crippen molar-refractivity contribution >= 4 is 17.7 Å². The number of ether oxygens (including phenoxy) is 2. The molecule has 0 saturated heterocycles. The van der Waals surface area contributed by atoms with Crippen LogP contribution in [0.1, 0.15) is 27.3 Å². The Labute approximate surface area is 174 Å². The van der Waals surface area contributed by atoms with Crippen LogP contribution < -0.4 is 20.1 Å². The Morgan fingerprint density at radius 2 is 2.03 bits per heavy atom. The standard InChI is InChI=1S/C21H24N4O5/c1-29-15-6-7-16-18(13-15)30-12-10-23-19(26)14-25(11-4-9-24-20(16)27)21(28)17-5-2-3-8-22-17/h2-3,5-8,13H,4,9-12,14H2,1H3,(H,23,26)(H,24,27). The summed E-state index contributed by atoms with van der Waals surface area (Å²) in [5.41, 5.74) is 0.641. The van der Waals surface area contributed by atoms with Crippen LogP contribution in [0, 0.1) is 0 Å². The first-order chi connectivity index (χ1) is 14.6. The number of nitrogens with one attached hydrogen (secondary N) is 2. The van der Waals surface area contributed by atoms with Gasteiger partial charge in [0.25, 0.3) is 11.8 Å². The van der Waals surface area contributed by atoms with Gasteiger partial charge in [0.2, 0.25) is 5.91 Å². The average Bonchev–Trinajstić information content (AvgIpc) is 2.78. The van der Waals surface area contributed by atoms with Crippen molar-refractivity contribution in [1.29, 1.82) is 0 Å². The van der Waals surface area contributed by atoms with E-state index in [0.29, 0.717) is 36.6 Å². The Balaban J connectivity index is 1.74. The summed E-state index contributed by atoms with van der Waals surface area (Å²) in [6, 6.07) is 9.98. The Kier molecular flexibility index (Phi) is 7.20. The van der Waals surface area contributed by atoms with Crippen LogP contribution in [-0.2, 0) is 4.79 Å². The number of fused-ring (bicyclic) bond motifs is 1. The Morgan fingerprint density at radius 3 is 2.80 bits per heavy atom. The van der Waals surface area contributed by atoms with Crippen molar-refractivity contribution in [3.63, 3.8) is 0 Å². The highest BCUT2D eigenvalue weighted by Crippen LogP contribution is 2.25. The number of carbonyl (C=O) groups excluding carboxylic acids is 3. The number of nitrogens with zero attached hydrogens (tertiary/aromatic N) is 2. The minimum atomic E-state index is -0.335. The number of amides is 3. The molecule has 158 valence electrons. The average molecular weight is 412 g/mol. The van der Waals surface area contributed by atoms with Crippen LogP contribution in [0.15, 0.2) is 42.6 Å². The molecule has 0 spiro atoms. The summed E-state index contributed by atoms with van der Waals surface area (Å²) < 4.78 is 10.9. The Hall–Kier alpha value is -3.62. The third-order valence-corrected chi connectivity index (χ3v) is 4.51. The number of benzene rings is 1. The smallest absolute Gasteiger partial charge is 0.272 e. The molecule has 2 heterocycles. The summed E-state index contributed by atoms with van der Waals surface area (Å²) >= 11 is 0. The van der Waals surface area contributed by atoms with Gasteiger partial charge in [-0.25, -0.2) is 0 Å². The minimum absolute atomic E-state index is 0.103. The SMILES string of the molecule is COc1ccc2c(c1)OCCNC(=O)CN(C(=O)c1ccccn1)CCCNC2=O. The van der Waals surface area contributed by atoms with Gasteiger partial charge < -0.3 is 25.0 Å². The van der Waals surface area contributed by atoms with E-state index in [1.165, 1.54) is 18.2 Å². The second-order valence-electron chi connectivity index (χ2n) is 6.61. The van der Waals surface area contributed by atoms with Gasteiger partial charge in [-0.2, -0.15) is 0 Å². The van der Waals surface area contributed by atoms with Crippen LogP contribution in [0.3, 0.4) is 0 Å². The monoisotopic (exact) mass is 412 g/mol. The molecule has 1 aromatic heterocycles. The molecule has 30 heavy (non-hydrogen) atoms. The van der Waals surface area contributed by atoms with Crippen molar-refractivity contribution in [1.82, 2.24) is 20.5 Å². The zero-order valence-corrected chi connectivity index (χ0v) is 16.7. The highest BCUT2D eigenvalue weighted by molar-refractivity contribution is 5.97. The fraction of sp³-hybridized carbons (Fsp3) is 0.333. The second kappa shape index (κ2) is 10.2. The van der Waals surface area contributed by atoms with E-state index in [-0.39, 0.29) is 43.1 Å². The van der Waals surface area contributed by atoms with Crippen LogP contribution in [0.2, 0.25) is 0 Å². The number of carbonyl (C=O) groups is 3. The van der Waals surface area contributed by atoms with Crippen molar-refractivity contribution in [3.05, 3.63) is 53.9 Å². The zero-order valence-electron chi connectivity index (χ0n) is 16.7. The molecule has 2 N–H and O–H groups in total. The van der Waals surface area contributed by atoms with E-state index in [1.807, 2.05) is 0 Å². The number of hydrogen-bond acceptors (Lipinski definition) is 6. The van der Waals surface area contributed by atoms with Crippen molar-refractivity contribution in [2.45, 2.75) is 6.42 Å². The van der Waals surface area contributed by atoms with E-state index in [2.05, 4.69) is 15.6 Å². The molecule has 0 saturated carbocycles. The third-order valence-electron chi connectivity index (χ3n) is 4.51. The van der Waals surface area contributed by atoms with Gasteiger partial charge in [-0.3, -0.25) is 19.4 Å². The topological polar surface area (TPSA) is 110 Å². The van der Waals surface area contributed by atoms with E-state index < -0.39 is 0 Å². The fourth-order valence-electron chi connectivity index (χ4n) is 2.99. The summed E-state index contributed by atoms with van der Waals surface area (Å²) in [5, 5.41) is 5.56. The molecule has 1 aromatic carbocycles. The molecule has 1 aliphatic heterocycles. The summed E-state index contributed by atoms with van der Waals surface area (Å²) in [7, 11) is 1.53. The van der Waals surface area contributed by atoms with Gasteiger partial charge in [0.05, 0.1) is 25.8 Å². The number of aromatic nitrogens is 1. The highest BCUT2D eigenvalue weighted by atomic mass is 16.5. The number of pyridine rings is 1. The van der Waals surface area contributed by atoms with Gasteiger partial charge in [0.1, 0.15) is 23.8 Å². The molecule has 0 radical (unpaired) electrons. The quantitative estimate of drug-likeness (QED) is 0.757. The summed E-state index contributed by atoms with van der Waals surface area (Å²) in [5.74, 6) is 0.0320. The maximum absolute atomic E-state index is 12.7. The normalized spacial score (nSPS) is 15.7. The maximum atomic E-state index is 12.7. The first-order valence-corrected chi connectivity index (χ1v) is 9.64. The number of rotatable bonds is 2. The summed E-state index contributed by atoms with van der Waals surface area (Å²) in [6.07, 6.45) is 2.01. The molecule has 0 bridgehead atoms. The molecule has 3 amide bonds. The lowest BCUT2D eigenvalue weighted by Crippen LogP contribution is -2.43. The molecule has 0 aliphatic carbocycles. The van der Waals surface area contributed by atoms with Crippen LogP contribution in [0.25, 0.3) is 0 Å². The molecule has 0 unspecified atom stereocenters. The summed E-state index contributed by atoms with van der Waals surface area (Å²) in [6.45, 7) is 0.914. The molecular weight excluding hydrogens is 388 g/mol. The molecule has 2 aromatic rings. The predicted octanol–water partition coefficient (Wildman–Crippen LogP) is 0.861. The van der Waals surface area contributed by atoms with Crippen molar-refractivity contribution in [2.75, 3.05) is 39.9 Å². The lowest BCUT2D eigenvalue weighted by atomic mass is 10.1. The van der Waals surface area contributed by atoms with E-state index in [0.717, 1.165) is 0 Å².